The van der Waals surface area contributed by atoms with E-state index in [1.165, 1.54) is 0 Å². The van der Waals surface area contributed by atoms with Gasteiger partial charge in [0.1, 0.15) is 5.82 Å². The number of nitrogens with zero attached hydrogens (tertiary/aromatic N) is 5. The molecule has 0 saturated carbocycles. The number of amides is 1. The van der Waals surface area contributed by atoms with Crippen LogP contribution in [0.4, 0.5) is 5.82 Å². The highest BCUT2D eigenvalue weighted by molar-refractivity contribution is 5.99. The van der Waals surface area contributed by atoms with E-state index in [9.17, 15) is 4.79 Å². The second kappa shape index (κ2) is 6.62. The molecule has 3 rings (SSSR count). The second-order valence-electron chi connectivity index (χ2n) is 6.26. The number of carbonyl (C=O) groups is 1. The molecule has 1 aromatic heterocycles. The summed E-state index contributed by atoms with van der Waals surface area (Å²) in [6.07, 6.45) is 1.79. The molecule has 0 bridgehead atoms. The molecule has 2 aliphatic rings. The van der Waals surface area contributed by atoms with Crippen LogP contribution >= 0.6 is 0 Å². The van der Waals surface area contributed by atoms with E-state index in [4.69, 9.17) is 0 Å². The Labute approximate surface area is 132 Å². The summed E-state index contributed by atoms with van der Waals surface area (Å²) in [4.78, 5) is 26.1. The van der Waals surface area contributed by atoms with Crippen LogP contribution in [0.3, 0.4) is 0 Å². The van der Waals surface area contributed by atoms with E-state index in [1.54, 1.807) is 6.20 Å². The van der Waals surface area contributed by atoms with Crippen LogP contribution in [0.2, 0.25) is 0 Å². The number of rotatable bonds is 2. The van der Waals surface area contributed by atoms with Crippen molar-refractivity contribution in [3.8, 4) is 0 Å². The van der Waals surface area contributed by atoms with Crippen LogP contribution in [0.5, 0.6) is 0 Å². The summed E-state index contributed by atoms with van der Waals surface area (Å²) in [5, 5.41) is 0. The minimum atomic E-state index is 0.120. The Bertz CT molecular complexity index is 519. The lowest BCUT2D eigenvalue weighted by molar-refractivity contribution is 0.0664. The van der Waals surface area contributed by atoms with E-state index in [1.807, 2.05) is 17.0 Å². The molecule has 22 heavy (non-hydrogen) atoms. The first-order chi connectivity index (χ1) is 10.6. The van der Waals surface area contributed by atoms with Gasteiger partial charge in [0.2, 0.25) is 0 Å². The molecule has 120 valence electrons. The van der Waals surface area contributed by atoms with Gasteiger partial charge in [-0.15, -0.1) is 0 Å². The molecule has 0 radical (unpaired) electrons. The fraction of sp³-hybridized carbons (Fsp3) is 0.625. The molecular formula is C16H25N5O. The van der Waals surface area contributed by atoms with E-state index in [2.05, 4.69) is 33.8 Å². The molecule has 2 aliphatic heterocycles. The molecule has 0 aromatic carbocycles. The van der Waals surface area contributed by atoms with Gasteiger partial charge in [0, 0.05) is 58.6 Å². The topological polar surface area (TPSA) is 42.9 Å². The van der Waals surface area contributed by atoms with Gasteiger partial charge in [0.15, 0.2) is 0 Å². The van der Waals surface area contributed by atoms with Gasteiger partial charge >= 0.3 is 0 Å². The zero-order valence-corrected chi connectivity index (χ0v) is 13.5. The van der Waals surface area contributed by atoms with Crippen LogP contribution in [0, 0.1) is 0 Å². The number of anilines is 1. The van der Waals surface area contributed by atoms with E-state index < -0.39 is 0 Å². The Balaban J connectivity index is 1.77. The lowest BCUT2D eigenvalue weighted by Crippen LogP contribution is -2.48. The zero-order valence-electron chi connectivity index (χ0n) is 13.5. The number of aromatic nitrogens is 1. The molecule has 1 aromatic rings. The van der Waals surface area contributed by atoms with E-state index in [0.29, 0.717) is 0 Å². The molecule has 0 atom stereocenters. The Kier molecular flexibility index (Phi) is 4.59. The highest BCUT2D eigenvalue weighted by Crippen LogP contribution is 2.21. The first-order valence-corrected chi connectivity index (χ1v) is 8.01. The Hall–Kier alpha value is -1.66. The summed E-state index contributed by atoms with van der Waals surface area (Å²) in [5.74, 6) is 0.967. The first kappa shape index (κ1) is 15.2. The summed E-state index contributed by atoms with van der Waals surface area (Å²) >= 11 is 0. The summed E-state index contributed by atoms with van der Waals surface area (Å²) < 4.78 is 0. The maximum Gasteiger partial charge on any atom is 0.257 e. The lowest BCUT2D eigenvalue weighted by atomic mass is 10.1. The number of hydrogen-bond acceptors (Lipinski definition) is 5. The molecule has 2 saturated heterocycles. The van der Waals surface area contributed by atoms with Crippen molar-refractivity contribution in [3.05, 3.63) is 23.9 Å². The monoisotopic (exact) mass is 303 g/mol. The Morgan fingerprint density at radius 2 is 1.55 bits per heavy atom. The van der Waals surface area contributed by atoms with Gasteiger partial charge in [-0.25, -0.2) is 4.98 Å². The number of likely N-dealkylation sites (N-methyl/N-ethyl adjacent to an activating group) is 2. The molecule has 0 aliphatic carbocycles. The third-order valence-corrected chi connectivity index (χ3v) is 4.61. The largest absolute Gasteiger partial charge is 0.353 e. The maximum absolute atomic E-state index is 12.9. The van der Waals surface area contributed by atoms with Crippen molar-refractivity contribution in [3.63, 3.8) is 0 Å². The highest BCUT2D eigenvalue weighted by Gasteiger charge is 2.26. The predicted molar refractivity (Wildman–Crippen MR) is 87.3 cm³/mol. The molecule has 6 nitrogen and oxygen atoms in total. The van der Waals surface area contributed by atoms with Crippen molar-refractivity contribution >= 4 is 11.7 Å². The van der Waals surface area contributed by atoms with Crippen LogP contribution in [0.1, 0.15) is 10.4 Å². The van der Waals surface area contributed by atoms with Crippen LogP contribution in [0.25, 0.3) is 0 Å². The van der Waals surface area contributed by atoms with Crippen LogP contribution in [-0.2, 0) is 0 Å². The normalized spacial score (nSPS) is 21.2. The van der Waals surface area contributed by atoms with Crippen LogP contribution < -0.4 is 4.90 Å². The third kappa shape index (κ3) is 3.23. The fourth-order valence-corrected chi connectivity index (χ4v) is 3.01. The summed E-state index contributed by atoms with van der Waals surface area (Å²) in [7, 11) is 4.23. The summed E-state index contributed by atoms with van der Waals surface area (Å²) in [6, 6.07) is 3.78. The summed E-state index contributed by atoms with van der Waals surface area (Å²) in [5.41, 5.74) is 0.747. The van der Waals surface area contributed by atoms with E-state index in [0.717, 1.165) is 63.7 Å². The second-order valence-corrected chi connectivity index (χ2v) is 6.26. The molecule has 0 N–H and O–H groups in total. The quantitative estimate of drug-likeness (QED) is 0.782. The van der Waals surface area contributed by atoms with Crippen molar-refractivity contribution in [1.29, 1.82) is 0 Å². The fourth-order valence-electron chi connectivity index (χ4n) is 3.01. The molecular weight excluding hydrogens is 278 g/mol. The standard InChI is InChI=1S/C16H25N5O/c1-18-6-10-20(11-7-18)15-14(4-3-5-17-15)16(22)21-12-8-19(2)9-13-21/h3-5H,6-13H2,1-2H3. The smallest absolute Gasteiger partial charge is 0.257 e. The van der Waals surface area contributed by atoms with Crippen molar-refractivity contribution in [2.45, 2.75) is 0 Å². The molecule has 1 amide bonds. The molecule has 0 unspecified atom stereocenters. The number of hydrogen-bond donors (Lipinski definition) is 0. The van der Waals surface area contributed by atoms with Crippen LogP contribution in [0.15, 0.2) is 18.3 Å². The first-order valence-electron chi connectivity index (χ1n) is 8.01. The minimum absolute atomic E-state index is 0.120. The van der Waals surface area contributed by atoms with Gasteiger partial charge in [0.05, 0.1) is 5.56 Å². The van der Waals surface area contributed by atoms with Crippen LogP contribution in [-0.4, -0.2) is 92.0 Å². The Morgan fingerprint density at radius 1 is 0.955 bits per heavy atom. The van der Waals surface area contributed by atoms with Crippen molar-refractivity contribution in [2.75, 3.05) is 71.4 Å². The number of pyridine rings is 1. The van der Waals surface area contributed by atoms with Crippen molar-refractivity contribution < 1.29 is 4.79 Å². The SMILES string of the molecule is CN1CCN(C(=O)c2cccnc2N2CCN(C)CC2)CC1. The third-order valence-electron chi connectivity index (χ3n) is 4.61. The summed E-state index contributed by atoms with van der Waals surface area (Å²) in [6.45, 7) is 7.36. The van der Waals surface area contributed by atoms with Gasteiger partial charge in [0.25, 0.3) is 5.91 Å². The molecule has 0 spiro atoms. The highest BCUT2D eigenvalue weighted by atomic mass is 16.2. The van der Waals surface area contributed by atoms with Gasteiger partial charge in [-0.1, -0.05) is 0 Å². The average Bonchev–Trinajstić information content (AvgIpc) is 2.56. The maximum atomic E-state index is 12.9. The van der Waals surface area contributed by atoms with Gasteiger partial charge in [-0.2, -0.15) is 0 Å². The van der Waals surface area contributed by atoms with Gasteiger partial charge in [-0.05, 0) is 26.2 Å². The molecule has 3 heterocycles. The van der Waals surface area contributed by atoms with Crippen molar-refractivity contribution in [1.82, 2.24) is 19.7 Å². The molecule has 2 fully saturated rings. The minimum Gasteiger partial charge on any atom is -0.353 e. The lowest BCUT2D eigenvalue weighted by Gasteiger charge is -2.36. The average molecular weight is 303 g/mol. The van der Waals surface area contributed by atoms with E-state index in [-0.39, 0.29) is 5.91 Å². The van der Waals surface area contributed by atoms with Gasteiger partial charge in [-0.3, -0.25) is 4.79 Å². The van der Waals surface area contributed by atoms with Crippen molar-refractivity contribution in [2.24, 2.45) is 0 Å². The van der Waals surface area contributed by atoms with E-state index >= 15 is 0 Å². The number of piperazine rings is 2. The Morgan fingerprint density at radius 3 is 2.18 bits per heavy atom. The zero-order chi connectivity index (χ0) is 15.5. The predicted octanol–water partition coefficient (Wildman–Crippen LogP) is 0.221. The molecule has 6 heteroatoms. The van der Waals surface area contributed by atoms with Gasteiger partial charge < -0.3 is 19.6 Å². The number of carbonyl (C=O) groups excluding carboxylic acids is 1.